The Morgan fingerprint density at radius 2 is 1.73 bits per heavy atom. The average Bonchev–Trinajstić information content (AvgIpc) is 2.60. The molecule has 1 aliphatic heterocycles. The number of carboxylic acid groups (broad SMARTS) is 1. The third kappa shape index (κ3) is 3.56. The molecule has 4 nitrogen and oxygen atoms in total. The predicted molar refractivity (Wildman–Crippen MR) is 86.7 cm³/mol. The van der Waals surface area contributed by atoms with Crippen molar-refractivity contribution in [2.75, 3.05) is 6.54 Å². The number of nitrogens with zero attached hydrogens (tertiary/aromatic N) is 1. The molecule has 0 aliphatic carbocycles. The Labute approximate surface area is 147 Å². The van der Waals surface area contributed by atoms with Gasteiger partial charge in [0.05, 0.1) is 5.92 Å². The topological polar surface area (TPSA) is 57.6 Å². The molecule has 0 saturated carbocycles. The third-order valence-electron chi connectivity index (χ3n) is 4.62. The Morgan fingerprint density at radius 1 is 1.08 bits per heavy atom. The SMILES string of the molecule is O=C(O)[C@H]1CN(Cc2ccccc2)C(=O)C[C@@H]1c1cc(F)c(F)cc1F. The van der Waals surface area contributed by atoms with Gasteiger partial charge in [0.1, 0.15) is 5.82 Å². The lowest BCUT2D eigenvalue weighted by molar-refractivity contribution is -0.149. The fourth-order valence-corrected chi connectivity index (χ4v) is 3.28. The van der Waals surface area contributed by atoms with Gasteiger partial charge in [-0.25, -0.2) is 13.2 Å². The normalized spacial score (nSPS) is 20.3. The predicted octanol–water partition coefficient (Wildman–Crippen LogP) is 3.32. The lowest BCUT2D eigenvalue weighted by Gasteiger charge is -2.36. The molecule has 136 valence electrons. The van der Waals surface area contributed by atoms with Crippen LogP contribution >= 0.6 is 0 Å². The van der Waals surface area contributed by atoms with E-state index in [-0.39, 0.29) is 31.0 Å². The summed E-state index contributed by atoms with van der Waals surface area (Å²) in [4.78, 5) is 25.5. The van der Waals surface area contributed by atoms with Crippen LogP contribution in [-0.4, -0.2) is 28.4 Å². The first-order chi connectivity index (χ1) is 12.4. The number of likely N-dealkylation sites (tertiary alicyclic amines) is 1. The molecular formula is C19H16F3NO3. The van der Waals surface area contributed by atoms with E-state index in [1.165, 1.54) is 4.90 Å². The van der Waals surface area contributed by atoms with Gasteiger partial charge in [-0.2, -0.15) is 0 Å². The first-order valence-corrected chi connectivity index (χ1v) is 8.05. The fraction of sp³-hybridized carbons (Fsp3) is 0.263. The molecular weight excluding hydrogens is 347 g/mol. The van der Waals surface area contributed by atoms with Crippen LogP contribution in [0.15, 0.2) is 42.5 Å². The van der Waals surface area contributed by atoms with Crippen LogP contribution in [0.3, 0.4) is 0 Å². The van der Waals surface area contributed by atoms with Gasteiger partial charge in [-0.05, 0) is 17.2 Å². The lowest BCUT2D eigenvalue weighted by atomic mass is 9.79. The fourth-order valence-electron chi connectivity index (χ4n) is 3.28. The molecule has 2 atom stereocenters. The molecule has 1 N–H and O–H groups in total. The van der Waals surface area contributed by atoms with E-state index in [0.717, 1.165) is 5.56 Å². The van der Waals surface area contributed by atoms with Gasteiger partial charge >= 0.3 is 5.97 Å². The van der Waals surface area contributed by atoms with Crippen LogP contribution < -0.4 is 0 Å². The summed E-state index contributed by atoms with van der Waals surface area (Å²) < 4.78 is 40.8. The zero-order chi connectivity index (χ0) is 18.8. The largest absolute Gasteiger partial charge is 0.481 e. The van der Waals surface area contributed by atoms with Gasteiger partial charge in [0.15, 0.2) is 11.6 Å². The van der Waals surface area contributed by atoms with Crippen LogP contribution in [0.2, 0.25) is 0 Å². The monoisotopic (exact) mass is 363 g/mol. The number of carbonyl (C=O) groups is 2. The van der Waals surface area contributed by atoms with E-state index in [1.54, 1.807) is 12.1 Å². The molecule has 7 heteroatoms. The summed E-state index contributed by atoms with van der Waals surface area (Å²) in [5.74, 6) is -7.43. The molecule has 3 rings (SSSR count). The van der Waals surface area contributed by atoms with Crippen LogP contribution in [0.4, 0.5) is 13.2 Å². The van der Waals surface area contributed by atoms with Crippen molar-refractivity contribution in [3.05, 3.63) is 71.0 Å². The highest BCUT2D eigenvalue weighted by atomic mass is 19.2. The summed E-state index contributed by atoms with van der Waals surface area (Å²) in [5, 5.41) is 9.53. The van der Waals surface area contributed by atoms with Crippen molar-refractivity contribution < 1.29 is 27.9 Å². The summed E-state index contributed by atoms with van der Waals surface area (Å²) >= 11 is 0. The van der Waals surface area contributed by atoms with E-state index in [2.05, 4.69) is 0 Å². The minimum absolute atomic E-state index is 0.133. The van der Waals surface area contributed by atoms with E-state index in [4.69, 9.17) is 0 Å². The maximum Gasteiger partial charge on any atom is 0.308 e. The molecule has 2 aromatic rings. The second-order valence-electron chi connectivity index (χ2n) is 6.30. The number of benzene rings is 2. The van der Waals surface area contributed by atoms with Gasteiger partial charge in [0.2, 0.25) is 5.91 Å². The molecule has 1 fully saturated rings. The van der Waals surface area contributed by atoms with Crippen molar-refractivity contribution in [1.82, 2.24) is 4.90 Å². The van der Waals surface area contributed by atoms with Crippen LogP contribution in [0.1, 0.15) is 23.5 Å². The summed E-state index contributed by atoms with van der Waals surface area (Å²) in [6, 6.07) is 10.1. The molecule has 0 aromatic heterocycles. The van der Waals surface area contributed by atoms with Crippen LogP contribution in [0.5, 0.6) is 0 Å². The number of rotatable bonds is 4. The van der Waals surface area contributed by atoms with E-state index in [0.29, 0.717) is 12.1 Å². The van der Waals surface area contributed by atoms with Crippen molar-refractivity contribution in [1.29, 1.82) is 0 Å². The second kappa shape index (κ2) is 7.19. The van der Waals surface area contributed by atoms with Crippen molar-refractivity contribution in [2.45, 2.75) is 18.9 Å². The van der Waals surface area contributed by atoms with Gasteiger partial charge in [-0.3, -0.25) is 9.59 Å². The molecule has 0 unspecified atom stereocenters. The first-order valence-electron chi connectivity index (χ1n) is 8.05. The number of hydrogen-bond acceptors (Lipinski definition) is 2. The first kappa shape index (κ1) is 18.0. The van der Waals surface area contributed by atoms with Crippen molar-refractivity contribution in [3.8, 4) is 0 Å². The van der Waals surface area contributed by atoms with Crippen LogP contribution in [-0.2, 0) is 16.1 Å². The molecule has 1 amide bonds. The Morgan fingerprint density at radius 3 is 2.38 bits per heavy atom. The van der Waals surface area contributed by atoms with Crippen molar-refractivity contribution >= 4 is 11.9 Å². The van der Waals surface area contributed by atoms with Gasteiger partial charge in [0.25, 0.3) is 0 Å². The van der Waals surface area contributed by atoms with Gasteiger partial charge in [-0.1, -0.05) is 30.3 Å². The van der Waals surface area contributed by atoms with Crippen LogP contribution in [0, 0.1) is 23.4 Å². The summed E-state index contributed by atoms with van der Waals surface area (Å²) in [7, 11) is 0. The van der Waals surface area contributed by atoms with E-state index in [1.807, 2.05) is 18.2 Å². The van der Waals surface area contributed by atoms with Crippen LogP contribution in [0.25, 0.3) is 0 Å². The number of hydrogen-bond donors (Lipinski definition) is 1. The second-order valence-corrected chi connectivity index (χ2v) is 6.30. The molecule has 2 aromatic carbocycles. The molecule has 0 bridgehead atoms. The zero-order valence-corrected chi connectivity index (χ0v) is 13.7. The van der Waals surface area contributed by atoms with E-state index < -0.39 is 35.3 Å². The number of carbonyl (C=O) groups excluding carboxylic acids is 1. The van der Waals surface area contributed by atoms with Gasteiger partial charge in [-0.15, -0.1) is 0 Å². The smallest absolute Gasteiger partial charge is 0.308 e. The van der Waals surface area contributed by atoms with Gasteiger partial charge < -0.3 is 10.0 Å². The van der Waals surface area contributed by atoms with E-state index >= 15 is 0 Å². The number of piperidine rings is 1. The highest BCUT2D eigenvalue weighted by molar-refractivity contribution is 5.82. The molecule has 26 heavy (non-hydrogen) atoms. The molecule has 0 spiro atoms. The van der Waals surface area contributed by atoms with Crippen molar-refractivity contribution in [2.24, 2.45) is 5.92 Å². The molecule has 1 saturated heterocycles. The maximum absolute atomic E-state index is 14.1. The third-order valence-corrected chi connectivity index (χ3v) is 4.62. The molecule has 0 radical (unpaired) electrons. The summed E-state index contributed by atoms with van der Waals surface area (Å²) in [5.41, 5.74) is 0.548. The van der Waals surface area contributed by atoms with Gasteiger partial charge in [0, 0.05) is 31.5 Å². The summed E-state index contributed by atoms with van der Waals surface area (Å²) in [6.45, 7) is 0.0998. The summed E-state index contributed by atoms with van der Waals surface area (Å²) in [6.07, 6.45) is -0.286. The Hall–Kier alpha value is -2.83. The quantitative estimate of drug-likeness (QED) is 0.848. The number of amides is 1. The number of halogens is 3. The minimum Gasteiger partial charge on any atom is -0.481 e. The Kier molecular flexibility index (Phi) is 4.97. The zero-order valence-electron chi connectivity index (χ0n) is 13.7. The number of carboxylic acids is 1. The molecule has 1 heterocycles. The maximum atomic E-state index is 14.1. The Balaban J connectivity index is 1.89. The average molecular weight is 363 g/mol. The lowest BCUT2D eigenvalue weighted by Crippen LogP contribution is -2.46. The number of aliphatic carboxylic acids is 1. The minimum atomic E-state index is -1.36. The standard InChI is InChI=1S/C19H16F3NO3/c20-15-8-17(22)16(21)6-13(15)12-7-18(24)23(10-14(12)19(25)26)9-11-4-2-1-3-5-11/h1-6,8,12,14H,7,9-10H2,(H,25,26)/t12-,14+/m1/s1. The van der Waals surface area contributed by atoms with E-state index in [9.17, 15) is 27.9 Å². The highest BCUT2D eigenvalue weighted by Gasteiger charge is 2.40. The van der Waals surface area contributed by atoms with Crippen molar-refractivity contribution in [3.63, 3.8) is 0 Å². The highest BCUT2D eigenvalue weighted by Crippen LogP contribution is 2.36. The Bertz CT molecular complexity index is 841. The molecule has 1 aliphatic rings.